The Morgan fingerprint density at radius 2 is 2.15 bits per heavy atom. The summed E-state index contributed by atoms with van der Waals surface area (Å²) in [5.41, 5.74) is 1.08. The Balaban J connectivity index is 1.94. The van der Waals surface area contributed by atoms with Crippen LogP contribution in [0.25, 0.3) is 0 Å². The van der Waals surface area contributed by atoms with E-state index in [0.717, 1.165) is 44.0 Å². The molecule has 1 amide bonds. The largest absolute Gasteiger partial charge is 0.478 e. The SMILES string of the molecule is CCNC(=NCc1ccnc(OCC)c1)N1CCC(CC(=O)NC)CC1. The van der Waals surface area contributed by atoms with E-state index in [2.05, 4.69) is 27.4 Å². The Morgan fingerprint density at radius 1 is 1.38 bits per heavy atom. The van der Waals surface area contributed by atoms with Crippen molar-refractivity contribution >= 4 is 11.9 Å². The lowest BCUT2D eigenvalue weighted by molar-refractivity contribution is -0.121. The molecule has 26 heavy (non-hydrogen) atoms. The van der Waals surface area contributed by atoms with Crippen molar-refractivity contribution in [3.8, 4) is 5.88 Å². The van der Waals surface area contributed by atoms with Crippen LogP contribution in [0.1, 0.15) is 38.7 Å². The van der Waals surface area contributed by atoms with E-state index in [4.69, 9.17) is 9.73 Å². The van der Waals surface area contributed by atoms with Crippen molar-refractivity contribution in [2.45, 2.75) is 39.7 Å². The van der Waals surface area contributed by atoms with Gasteiger partial charge in [-0.1, -0.05) is 0 Å². The first-order valence-electron chi connectivity index (χ1n) is 9.47. The topological polar surface area (TPSA) is 78.9 Å². The van der Waals surface area contributed by atoms with Crippen LogP contribution in [0.15, 0.2) is 23.3 Å². The molecule has 0 aromatic carbocycles. The van der Waals surface area contributed by atoms with Crippen molar-refractivity contribution < 1.29 is 9.53 Å². The van der Waals surface area contributed by atoms with Crippen molar-refractivity contribution in [2.24, 2.45) is 10.9 Å². The van der Waals surface area contributed by atoms with Gasteiger partial charge in [-0.25, -0.2) is 9.98 Å². The number of nitrogens with zero attached hydrogens (tertiary/aromatic N) is 3. The number of hydrogen-bond donors (Lipinski definition) is 2. The molecule has 0 atom stereocenters. The van der Waals surface area contributed by atoms with E-state index in [1.807, 2.05) is 19.1 Å². The maximum atomic E-state index is 11.6. The van der Waals surface area contributed by atoms with E-state index < -0.39 is 0 Å². The predicted molar refractivity (Wildman–Crippen MR) is 103 cm³/mol. The van der Waals surface area contributed by atoms with Gasteiger partial charge in [0.1, 0.15) is 0 Å². The summed E-state index contributed by atoms with van der Waals surface area (Å²) in [6, 6.07) is 3.90. The molecule has 0 spiro atoms. The second kappa shape index (κ2) is 10.6. The Morgan fingerprint density at radius 3 is 2.81 bits per heavy atom. The van der Waals surface area contributed by atoms with Gasteiger partial charge in [0.05, 0.1) is 13.2 Å². The lowest BCUT2D eigenvalue weighted by Crippen LogP contribution is -2.46. The Kier molecular flexibility index (Phi) is 8.18. The van der Waals surface area contributed by atoms with E-state index in [0.29, 0.717) is 31.4 Å². The molecular formula is C19H31N5O2. The number of pyridine rings is 1. The Hall–Kier alpha value is -2.31. The van der Waals surface area contributed by atoms with E-state index >= 15 is 0 Å². The van der Waals surface area contributed by atoms with Crippen LogP contribution in [0.2, 0.25) is 0 Å². The molecule has 2 heterocycles. The van der Waals surface area contributed by atoms with Gasteiger partial charge in [0, 0.05) is 45.4 Å². The Labute approximate surface area is 156 Å². The highest BCUT2D eigenvalue weighted by molar-refractivity contribution is 5.80. The third-order valence-corrected chi connectivity index (χ3v) is 4.50. The minimum Gasteiger partial charge on any atom is -0.478 e. The van der Waals surface area contributed by atoms with Crippen LogP contribution >= 0.6 is 0 Å². The molecule has 1 fully saturated rings. The summed E-state index contributed by atoms with van der Waals surface area (Å²) in [5, 5.41) is 6.09. The third kappa shape index (κ3) is 6.20. The van der Waals surface area contributed by atoms with Crippen LogP contribution in [0.4, 0.5) is 0 Å². The summed E-state index contributed by atoms with van der Waals surface area (Å²) in [6.07, 6.45) is 4.41. The number of nitrogens with one attached hydrogen (secondary N) is 2. The summed E-state index contributed by atoms with van der Waals surface area (Å²) in [4.78, 5) is 22.8. The maximum absolute atomic E-state index is 11.6. The summed E-state index contributed by atoms with van der Waals surface area (Å²) >= 11 is 0. The van der Waals surface area contributed by atoms with Crippen molar-refractivity contribution in [3.05, 3.63) is 23.9 Å². The number of guanidine groups is 1. The zero-order valence-corrected chi connectivity index (χ0v) is 16.1. The molecule has 0 aliphatic carbocycles. The fraction of sp³-hybridized carbons (Fsp3) is 0.632. The second-order valence-corrected chi connectivity index (χ2v) is 6.41. The van der Waals surface area contributed by atoms with Crippen LogP contribution in [0.3, 0.4) is 0 Å². The molecule has 2 rings (SSSR count). The molecule has 0 unspecified atom stereocenters. The van der Waals surface area contributed by atoms with E-state index in [9.17, 15) is 4.79 Å². The highest BCUT2D eigenvalue weighted by Gasteiger charge is 2.23. The molecule has 0 saturated carbocycles. The molecule has 1 aromatic heterocycles. The van der Waals surface area contributed by atoms with Crippen LogP contribution in [0, 0.1) is 5.92 Å². The molecule has 2 N–H and O–H groups in total. The quantitative estimate of drug-likeness (QED) is 0.572. The molecule has 0 bridgehead atoms. The average molecular weight is 361 g/mol. The summed E-state index contributed by atoms with van der Waals surface area (Å²) in [6.45, 7) is 7.90. The zero-order valence-electron chi connectivity index (χ0n) is 16.1. The molecule has 1 aliphatic rings. The highest BCUT2D eigenvalue weighted by atomic mass is 16.5. The number of hydrogen-bond acceptors (Lipinski definition) is 4. The maximum Gasteiger partial charge on any atom is 0.220 e. The van der Waals surface area contributed by atoms with Gasteiger partial charge >= 0.3 is 0 Å². The number of aliphatic imine (C=N–C) groups is 1. The predicted octanol–water partition coefficient (Wildman–Crippen LogP) is 1.79. The summed E-state index contributed by atoms with van der Waals surface area (Å²) in [5.74, 6) is 2.16. The van der Waals surface area contributed by atoms with E-state index in [1.165, 1.54) is 0 Å². The van der Waals surface area contributed by atoms with Crippen LogP contribution in [-0.4, -0.2) is 55.0 Å². The molecule has 1 saturated heterocycles. The normalized spacial score (nSPS) is 15.7. The van der Waals surface area contributed by atoms with E-state index in [1.54, 1.807) is 13.2 Å². The number of carbonyl (C=O) groups is 1. The number of carbonyl (C=O) groups excluding carboxylic acids is 1. The third-order valence-electron chi connectivity index (χ3n) is 4.50. The van der Waals surface area contributed by atoms with Crippen molar-refractivity contribution in [1.29, 1.82) is 0 Å². The molecule has 7 nitrogen and oxygen atoms in total. The fourth-order valence-corrected chi connectivity index (χ4v) is 3.08. The summed E-state index contributed by atoms with van der Waals surface area (Å²) < 4.78 is 5.45. The lowest BCUT2D eigenvalue weighted by atomic mass is 9.93. The minimum absolute atomic E-state index is 0.131. The van der Waals surface area contributed by atoms with Gasteiger partial charge in [0.2, 0.25) is 11.8 Å². The summed E-state index contributed by atoms with van der Waals surface area (Å²) in [7, 11) is 1.70. The molecule has 1 aliphatic heterocycles. The highest BCUT2D eigenvalue weighted by Crippen LogP contribution is 2.20. The first-order chi connectivity index (χ1) is 12.7. The van der Waals surface area contributed by atoms with Gasteiger partial charge in [-0.3, -0.25) is 4.79 Å². The van der Waals surface area contributed by atoms with Gasteiger partial charge in [0.25, 0.3) is 0 Å². The standard InChI is InChI=1S/C19H31N5O2/c1-4-21-19(23-14-16-6-9-22-18(13-16)26-5-2)24-10-7-15(8-11-24)12-17(25)20-3/h6,9,13,15H,4-5,7-8,10-12,14H2,1-3H3,(H,20,25)(H,21,23). The molecule has 0 radical (unpaired) electrons. The van der Waals surface area contributed by atoms with Crippen molar-refractivity contribution in [2.75, 3.05) is 33.3 Å². The molecule has 144 valence electrons. The smallest absolute Gasteiger partial charge is 0.220 e. The Bertz CT molecular complexity index is 597. The lowest BCUT2D eigenvalue weighted by Gasteiger charge is -2.34. The number of aromatic nitrogens is 1. The number of ether oxygens (including phenoxy) is 1. The van der Waals surface area contributed by atoms with Crippen molar-refractivity contribution in [1.82, 2.24) is 20.5 Å². The first kappa shape index (κ1) is 20.0. The van der Waals surface area contributed by atoms with Crippen molar-refractivity contribution in [3.63, 3.8) is 0 Å². The van der Waals surface area contributed by atoms with Gasteiger partial charge in [-0.2, -0.15) is 0 Å². The first-order valence-corrected chi connectivity index (χ1v) is 9.47. The average Bonchev–Trinajstić information content (AvgIpc) is 2.66. The van der Waals surface area contributed by atoms with Gasteiger partial charge < -0.3 is 20.3 Å². The van der Waals surface area contributed by atoms with Gasteiger partial charge in [-0.15, -0.1) is 0 Å². The number of likely N-dealkylation sites (tertiary alicyclic amines) is 1. The zero-order chi connectivity index (χ0) is 18.8. The second-order valence-electron chi connectivity index (χ2n) is 6.41. The number of piperidine rings is 1. The van der Waals surface area contributed by atoms with Crippen LogP contribution in [-0.2, 0) is 11.3 Å². The fourth-order valence-electron chi connectivity index (χ4n) is 3.08. The molecule has 7 heteroatoms. The number of rotatable bonds is 7. The van der Waals surface area contributed by atoms with Gasteiger partial charge in [-0.05, 0) is 44.2 Å². The van der Waals surface area contributed by atoms with Crippen LogP contribution < -0.4 is 15.4 Å². The number of amides is 1. The minimum atomic E-state index is 0.131. The molecular weight excluding hydrogens is 330 g/mol. The van der Waals surface area contributed by atoms with E-state index in [-0.39, 0.29) is 5.91 Å². The monoisotopic (exact) mass is 361 g/mol. The van der Waals surface area contributed by atoms with Gasteiger partial charge in [0.15, 0.2) is 5.96 Å². The van der Waals surface area contributed by atoms with Crippen LogP contribution in [0.5, 0.6) is 5.88 Å². The molecule has 1 aromatic rings.